The first-order valence-corrected chi connectivity index (χ1v) is 7.10. The Bertz CT molecular complexity index is 498. The molecule has 0 spiro atoms. The number of nitrogens with zero attached hydrogens (tertiary/aromatic N) is 1. The Labute approximate surface area is 111 Å². The van der Waals surface area contributed by atoms with Crippen LogP contribution in [0.2, 0.25) is 0 Å². The Morgan fingerprint density at radius 2 is 2.22 bits per heavy atom. The minimum absolute atomic E-state index is 0.242. The SMILES string of the molecule is CCC(CN)CC(=O)Cc1nc2ccccc2s1. The smallest absolute Gasteiger partial charge is 0.140 e. The van der Waals surface area contributed by atoms with Crippen LogP contribution >= 0.6 is 11.3 Å². The van der Waals surface area contributed by atoms with E-state index < -0.39 is 0 Å². The van der Waals surface area contributed by atoms with Gasteiger partial charge in [0.2, 0.25) is 0 Å². The van der Waals surface area contributed by atoms with Crippen molar-refractivity contribution in [3.63, 3.8) is 0 Å². The lowest BCUT2D eigenvalue weighted by Crippen LogP contribution is -2.18. The van der Waals surface area contributed by atoms with Gasteiger partial charge in [0.05, 0.1) is 16.6 Å². The van der Waals surface area contributed by atoms with Crippen molar-refractivity contribution in [1.29, 1.82) is 0 Å². The molecule has 0 fully saturated rings. The highest BCUT2D eigenvalue weighted by Gasteiger charge is 2.13. The van der Waals surface area contributed by atoms with Crippen molar-refractivity contribution in [2.45, 2.75) is 26.2 Å². The van der Waals surface area contributed by atoms with Gasteiger partial charge in [-0.3, -0.25) is 4.79 Å². The monoisotopic (exact) mass is 262 g/mol. The first-order valence-electron chi connectivity index (χ1n) is 6.29. The lowest BCUT2D eigenvalue weighted by atomic mass is 9.99. The zero-order valence-electron chi connectivity index (χ0n) is 10.6. The number of Topliss-reactive ketones (excluding diaryl/α,β-unsaturated/α-hetero) is 1. The zero-order valence-corrected chi connectivity index (χ0v) is 11.4. The van der Waals surface area contributed by atoms with E-state index in [0.717, 1.165) is 21.6 Å². The number of aromatic nitrogens is 1. The van der Waals surface area contributed by atoms with Crippen molar-refractivity contribution in [3.05, 3.63) is 29.3 Å². The number of rotatable bonds is 6. The van der Waals surface area contributed by atoms with E-state index >= 15 is 0 Å². The van der Waals surface area contributed by atoms with Crippen LogP contribution in [0.5, 0.6) is 0 Å². The number of hydrogen-bond donors (Lipinski definition) is 1. The Morgan fingerprint density at radius 3 is 2.89 bits per heavy atom. The summed E-state index contributed by atoms with van der Waals surface area (Å²) in [5.41, 5.74) is 6.60. The molecule has 4 heteroatoms. The Kier molecular flexibility index (Phi) is 4.44. The summed E-state index contributed by atoms with van der Waals surface area (Å²) in [7, 11) is 0. The number of carbonyl (C=O) groups is 1. The maximum absolute atomic E-state index is 11.9. The highest BCUT2D eigenvalue weighted by molar-refractivity contribution is 7.18. The van der Waals surface area contributed by atoms with Gasteiger partial charge in [-0.2, -0.15) is 0 Å². The highest BCUT2D eigenvalue weighted by atomic mass is 32.1. The molecule has 2 rings (SSSR count). The van der Waals surface area contributed by atoms with Crippen molar-refractivity contribution in [2.75, 3.05) is 6.54 Å². The maximum Gasteiger partial charge on any atom is 0.140 e. The van der Waals surface area contributed by atoms with Crippen molar-refractivity contribution in [3.8, 4) is 0 Å². The van der Waals surface area contributed by atoms with E-state index in [-0.39, 0.29) is 5.78 Å². The third-order valence-electron chi connectivity index (χ3n) is 3.11. The predicted octanol–water partition coefficient (Wildman–Crippen LogP) is 2.78. The second-order valence-corrected chi connectivity index (χ2v) is 5.62. The van der Waals surface area contributed by atoms with Gasteiger partial charge in [0.1, 0.15) is 10.8 Å². The molecule has 1 atom stereocenters. The van der Waals surface area contributed by atoms with Gasteiger partial charge in [0.15, 0.2) is 0 Å². The lowest BCUT2D eigenvalue weighted by Gasteiger charge is -2.09. The van der Waals surface area contributed by atoms with Gasteiger partial charge in [-0.1, -0.05) is 25.5 Å². The molecule has 3 nitrogen and oxygen atoms in total. The van der Waals surface area contributed by atoms with E-state index in [1.54, 1.807) is 11.3 Å². The van der Waals surface area contributed by atoms with Crippen LogP contribution in [0, 0.1) is 5.92 Å². The van der Waals surface area contributed by atoms with E-state index in [1.807, 2.05) is 24.3 Å². The normalized spacial score (nSPS) is 12.8. The molecule has 1 aromatic heterocycles. The fraction of sp³-hybridized carbons (Fsp3) is 0.429. The molecule has 2 aromatic rings. The molecule has 1 heterocycles. The molecule has 1 aromatic carbocycles. The lowest BCUT2D eigenvalue weighted by molar-refractivity contribution is -0.119. The minimum Gasteiger partial charge on any atom is -0.330 e. The zero-order chi connectivity index (χ0) is 13.0. The van der Waals surface area contributed by atoms with E-state index in [2.05, 4.69) is 11.9 Å². The van der Waals surface area contributed by atoms with E-state index in [0.29, 0.717) is 25.3 Å². The van der Waals surface area contributed by atoms with Crippen LogP contribution in [0.1, 0.15) is 24.8 Å². The first kappa shape index (κ1) is 13.2. The standard InChI is InChI=1S/C14H18N2OS/c1-2-10(9-15)7-11(17)8-14-16-12-5-3-4-6-13(12)18-14/h3-6,10H,2,7-9,15H2,1H3. The van der Waals surface area contributed by atoms with Crippen LogP contribution in [-0.4, -0.2) is 17.3 Å². The van der Waals surface area contributed by atoms with E-state index in [1.165, 1.54) is 0 Å². The summed E-state index contributed by atoms with van der Waals surface area (Å²) in [6.45, 7) is 2.66. The van der Waals surface area contributed by atoms with Crippen LogP contribution in [0.3, 0.4) is 0 Å². The van der Waals surface area contributed by atoms with E-state index in [9.17, 15) is 4.79 Å². The highest BCUT2D eigenvalue weighted by Crippen LogP contribution is 2.22. The summed E-state index contributed by atoms with van der Waals surface area (Å²) in [6.07, 6.45) is 1.97. The summed E-state index contributed by atoms with van der Waals surface area (Å²) in [5.74, 6) is 0.554. The molecule has 2 N–H and O–H groups in total. The maximum atomic E-state index is 11.9. The van der Waals surface area contributed by atoms with Crippen molar-refractivity contribution < 1.29 is 4.79 Å². The Hall–Kier alpha value is -1.26. The number of hydrogen-bond acceptors (Lipinski definition) is 4. The average molecular weight is 262 g/mol. The van der Waals surface area contributed by atoms with Crippen LogP contribution in [0.25, 0.3) is 10.2 Å². The molecular weight excluding hydrogens is 244 g/mol. The molecule has 18 heavy (non-hydrogen) atoms. The fourth-order valence-electron chi connectivity index (χ4n) is 1.95. The molecule has 0 saturated heterocycles. The molecule has 0 radical (unpaired) electrons. The van der Waals surface area contributed by atoms with Crippen LogP contribution in [-0.2, 0) is 11.2 Å². The largest absolute Gasteiger partial charge is 0.330 e. The van der Waals surface area contributed by atoms with Gasteiger partial charge >= 0.3 is 0 Å². The fourth-order valence-corrected chi connectivity index (χ4v) is 2.95. The third kappa shape index (κ3) is 3.15. The molecule has 0 saturated carbocycles. The predicted molar refractivity (Wildman–Crippen MR) is 75.8 cm³/mol. The molecule has 0 aliphatic rings. The van der Waals surface area contributed by atoms with Crippen LogP contribution < -0.4 is 5.73 Å². The molecule has 0 amide bonds. The number of para-hydroxylation sites is 1. The molecule has 0 bridgehead atoms. The summed E-state index contributed by atoms with van der Waals surface area (Å²) < 4.78 is 1.14. The van der Waals surface area contributed by atoms with Gasteiger partial charge in [0, 0.05) is 6.42 Å². The van der Waals surface area contributed by atoms with Crippen molar-refractivity contribution >= 4 is 27.3 Å². The minimum atomic E-state index is 0.242. The second-order valence-electron chi connectivity index (χ2n) is 4.50. The van der Waals surface area contributed by atoms with Gasteiger partial charge in [-0.15, -0.1) is 11.3 Å². The summed E-state index contributed by atoms with van der Waals surface area (Å²) >= 11 is 1.60. The molecule has 1 unspecified atom stereocenters. The number of thiazole rings is 1. The Morgan fingerprint density at radius 1 is 1.44 bits per heavy atom. The Balaban J connectivity index is 2.02. The number of fused-ring (bicyclic) bond motifs is 1. The third-order valence-corrected chi connectivity index (χ3v) is 4.15. The number of benzene rings is 1. The summed E-state index contributed by atoms with van der Waals surface area (Å²) in [5, 5.41) is 0.910. The molecule has 0 aliphatic carbocycles. The van der Waals surface area contributed by atoms with Gasteiger partial charge in [-0.05, 0) is 24.6 Å². The average Bonchev–Trinajstić information content (AvgIpc) is 2.77. The first-order chi connectivity index (χ1) is 8.72. The summed E-state index contributed by atoms with van der Waals surface area (Å²) in [6, 6.07) is 7.98. The number of nitrogens with two attached hydrogens (primary N) is 1. The molecule has 0 aliphatic heterocycles. The van der Waals surface area contributed by atoms with Crippen LogP contribution in [0.15, 0.2) is 24.3 Å². The number of carbonyl (C=O) groups excluding carboxylic acids is 1. The van der Waals surface area contributed by atoms with Crippen molar-refractivity contribution in [2.24, 2.45) is 11.7 Å². The quantitative estimate of drug-likeness (QED) is 0.871. The van der Waals surface area contributed by atoms with Crippen molar-refractivity contribution in [1.82, 2.24) is 4.98 Å². The summed E-state index contributed by atoms with van der Waals surface area (Å²) in [4.78, 5) is 16.4. The topological polar surface area (TPSA) is 56.0 Å². The molecule has 96 valence electrons. The van der Waals surface area contributed by atoms with Crippen LogP contribution in [0.4, 0.5) is 0 Å². The van der Waals surface area contributed by atoms with Gasteiger partial charge in [0.25, 0.3) is 0 Å². The molecular formula is C14H18N2OS. The van der Waals surface area contributed by atoms with Gasteiger partial charge in [-0.25, -0.2) is 4.98 Å². The van der Waals surface area contributed by atoms with E-state index in [4.69, 9.17) is 5.73 Å². The number of ketones is 1. The van der Waals surface area contributed by atoms with Gasteiger partial charge < -0.3 is 5.73 Å². The second kappa shape index (κ2) is 6.07.